The zero-order valence-electron chi connectivity index (χ0n) is 6.80. The molecule has 0 fully saturated rings. The molecule has 0 atom stereocenters. The lowest BCUT2D eigenvalue weighted by atomic mass is 10.3. The molecule has 0 saturated heterocycles. The summed E-state index contributed by atoms with van der Waals surface area (Å²) in [5, 5.41) is 3.53. The van der Waals surface area contributed by atoms with Gasteiger partial charge in [-0.3, -0.25) is 0 Å². The van der Waals surface area contributed by atoms with E-state index in [-0.39, 0.29) is 0 Å². The first-order valence-corrected chi connectivity index (χ1v) is 7.32. The van der Waals surface area contributed by atoms with Crippen LogP contribution in [-0.4, -0.2) is 6.26 Å². The van der Waals surface area contributed by atoms with Crippen molar-refractivity contribution in [3.63, 3.8) is 0 Å². The molecule has 1 aromatic heterocycles. The Morgan fingerprint density at radius 1 is 1.23 bits per heavy atom. The van der Waals surface area contributed by atoms with Gasteiger partial charge in [-0.1, -0.05) is 15.9 Å². The molecule has 2 aromatic rings. The van der Waals surface area contributed by atoms with Crippen LogP contribution in [0.2, 0.25) is 0 Å². The Hall–Kier alpha value is 0.490. The van der Waals surface area contributed by atoms with Crippen LogP contribution in [0.1, 0.15) is 0 Å². The van der Waals surface area contributed by atoms with E-state index in [0.29, 0.717) is 0 Å². The molecule has 0 spiro atoms. The maximum atomic E-state index is 3.57. The van der Waals surface area contributed by atoms with Crippen LogP contribution in [0.15, 0.2) is 31.4 Å². The van der Waals surface area contributed by atoms with Gasteiger partial charge in [0.25, 0.3) is 0 Å². The fourth-order valence-electron chi connectivity index (χ4n) is 1.20. The first-order valence-electron chi connectivity index (χ1n) is 3.63. The Morgan fingerprint density at radius 3 is 2.62 bits per heavy atom. The van der Waals surface area contributed by atoms with Gasteiger partial charge in [0.2, 0.25) is 0 Å². The second-order valence-corrected chi connectivity index (χ2v) is 5.97. The third-order valence-electron chi connectivity index (χ3n) is 1.81. The Bertz CT molecular complexity index is 448. The number of thioether (sulfide) groups is 1. The number of thiophene rings is 1. The molecule has 1 aromatic carbocycles. The molecule has 0 bridgehead atoms. The lowest BCUT2D eigenvalue weighted by Gasteiger charge is -1.99. The summed E-state index contributed by atoms with van der Waals surface area (Å²) in [4.78, 5) is 1.34. The van der Waals surface area contributed by atoms with E-state index < -0.39 is 0 Å². The van der Waals surface area contributed by atoms with E-state index in [4.69, 9.17) is 0 Å². The van der Waals surface area contributed by atoms with Crippen molar-refractivity contribution >= 4 is 65.0 Å². The highest BCUT2D eigenvalue weighted by molar-refractivity contribution is 9.11. The lowest BCUT2D eigenvalue weighted by molar-refractivity contribution is 1.62. The highest BCUT2D eigenvalue weighted by atomic mass is 79.9. The van der Waals surface area contributed by atoms with Gasteiger partial charge < -0.3 is 0 Å². The van der Waals surface area contributed by atoms with Crippen molar-refractivity contribution in [3.05, 3.63) is 26.5 Å². The molecule has 0 unspecified atom stereocenters. The van der Waals surface area contributed by atoms with E-state index >= 15 is 0 Å². The van der Waals surface area contributed by atoms with Gasteiger partial charge in [0.15, 0.2) is 0 Å². The van der Waals surface area contributed by atoms with Crippen LogP contribution in [0.3, 0.4) is 0 Å². The Balaban J connectivity index is 2.87. The van der Waals surface area contributed by atoms with Crippen molar-refractivity contribution in [2.75, 3.05) is 6.26 Å². The maximum Gasteiger partial charge on any atom is 0.0507 e. The molecule has 0 N–H and O–H groups in total. The molecule has 0 saturated carbocycles. The van der Waals surface area contributed by atoms with Gasteiger partial charge >= 0.3 is 0 Å². The monoisotopic (exact) mass is 336 g/mol. The van der Waals surface area contributed by atoms with E-state index in [2.05, 4.69) is 55.6 Å². The summed E-state index contributed by atoms with van der Waals surface area (Å²) in [6.07, 6.45) is 2.11. The minimum atomic E-state index is 1.18. The summed E-state index contributed by atoms with van der Waals surface area (Å²) < 4.78 is 3.67. The van der Waals surface area contributed by atoms with Crippen molar-refractivity contribution in [1.82, 2.24) is 0 Å². The first-order chi connectivity index (χ1) is 6.24. The summed E-state index contributed by atoms with van der Waals surface area (Å²) in [7, 11) is 0. The third kappa shape index (κ3) is 1.69. The smallest absolute Gasteiger partial charge is 0.0507 e. The zero-order chi connectivity index (χ0) is 9.42. The molecular formula is C9H6Br2S2. The van der Waals surface area contributed by atoms with Crippen LogP contribution in [-0.2, 0) is 0 Å². The lowest BCUT2D eigenvalue weighted by Crippen LogP contribution is -1.71. The van der Waals surface area contributed by atoms with Crippen LogP contribution in [0, 0.1) is 0 Å². The zero-order valence-corrected chi connectivity index (χ0v) is 11.6. The largest absolute Gasteiger partial charge is 0.141 e. The number of fused-ring (bicyclic) bond motifs is 1. The highest BCUT2D eigenvalue weighted by Crippen LogP contribution is 2.40. The van der Waals surface area contributed by atoms with Gasteiger partial charge in [0, 0.05) is 24.6 Å². The van der Waals surface area contributed by atoms with E-state index in [1.165, 1.54) is 23.9 Å². The summed E-state index contributed by atoms with van der Waals surface area (Å²) in [6, 6.07) is 4.16. The van der Waals surface area contributed by atoms with E-state index in [9.17, 15) is 0 Å². The van der Waals surface area contributed by atoms with Gasteiger partial charge in [0.1, 0.15) is 0 Å². The molecule has 0 nitrogen and oxygen atoms in total. The van der Waals surface area contributed by atoms with Crippen molar-refractivity contribution < 1.29 is 0 Å². The fraction of sp³-hybridized carbons (Fsp3) is 0.111. The van der Waals surface area contributed by atoms with Gasteiger partial charge in [-0.05, 0) is 34.3 Å². The highest BCUT2D eigenvalue weighted by Gasteiger charge is 2.08. The molecule has 0 amide bonds. The van der Waals surface area contributed by atoms with Crippen molar-refractivity contribution in [3.8, 4) is 0 Å². The minimum Gasteiger partial charge on any atom is -0.141 e. The maximum absolute atomic E-state index is 3.57. The predicted molar refractivity (Wildman–Crippen MR) is 69.0 cm³/mol. The van der Waals surface area contributed by atoms with E-state index in [0.717, 1.165) is 0 Å². The fourth-order valence-corrected chi connectivity index (χ4v) is 4.49. The standard InChI is InChI=1S/C9H6Br2S2/c1-12-7-4-13-9-6(11)3-2-5(10)8(7)9/h2-4H,1H3. The normalized spacial score (nSPS) is 11.0. The van der Waals surface area contributed by atoms with Gasteiger partial charge in [-0.2, -0.15) is 0 Å². The minimum absolute atomic E-state index is 1.18. The number of rotatable bonds is 1. The molecule has 13 heavy (non-hydrogen) atoms. The molecule has 0 radical (unpaired) electrons. The predicted octanol–water partition coefficient (Wildman–Crippen LogP) is 5.15. The average molecular weight is 338 g/mol. The Morgan fingerprint density at radius 2 is 1.92 bits per heavy atom. The third-order valence-corrected chi connectivity index (χ3v) is 5.32. The second-order valence-electron chi connectivity index (χ2n) is 2.54. The topological polar surface area (TPSA) is 0 Å². The molecular weight excluding hydrogens is 332 g/mol. The first kappa shape index (κ1) is 10.0. The number of hydrogen-bond donors (Lipinski definition) is 0. The second kappa shape index (κ2) is 3.93. The molecule has 4 heteroatoms. The van der Waals surface area contributed by atoms with Crippen LogP contribution in [0.25, 0.3) is 10.1 Å². The molecule has 68 valence electrons. The average Bonchev–Trinajstić information content (AvgIpc) is 2.56. The van der Waals surface area contributed by atoms with Gasteiger partial charge in [-0.25, -0.2) is 0 Å². The summed E-state index contributed by atoms with van der Waals surface area (Å²) in [5.41, 5.74) is 0. The SMILES string of the molecule is CSc1csc2c(Br)ccc(Br)c12. The van der Waals surface area contributed by atoms with Crippen molar-refractivity contribution in [1.29, 1.82) is 0 Å². The molecule has 0 aliphatic heterocycles. The van der Waals surface area contributed by atoms with Crippen molar-refractivity contribution in [2.45, 2.75) is 4.90 Å². The molecule has 0 aliphatic rings. The van der Waals surface area contributed by atoms with Crippen LogP contribution in [0.4, 0.5) is 0 Å². The quantitative estimate of drug-likeness (QED) is 0.648. The summed E-state index contributed by atoms with van der Waals surface area (Å²) in [6.45, 7) is 0. The van der Waals surface area contributed by atoms with Gasteiger partial charge in [-0.15, -0.1) is 23.1 Å². The van der Waals surface area contributed by atoms with Crippen LogP contribution >= 0.6 is 55.0 Å². The molecule has 0 aliphatic carbocycles. The molecule has 2 rings (SSSR count). The Labute approximate surface area is 102 Å². The number of hydrogen-bond acceptors (Lipinski definition) is 2. The van der Waals surface area contributed by atoms with Gasteiger partial charge in [0.05, 0.1) is 4.70 Å². The number of halogens is 2. The van der Waals surface area contributed by atoms with E-state index in [1.807, 2.05) is 0 Å². The summed E-state index contributed by atoms with van der Waals surface area (Å²) in [5.74, 6) is 0. The Kier molecular flexibility index (Phi) is 3.03. The van der Waals surface area contributed by atoms with Crippen molar-refractivity contribution in [2.24, 2.45) is 0 Å². The molecule has 1 heterocycles. The number of benzene rings is 1. The van der Waals surface area contributed by atoms with E-state index in [1.54, 1.807) is 23.1 Å². The van der Waals surface area contributed by atoms with Crippen LogP contribution in [0.5, 0.6) is 0 Å². The summed E-state index contributed by atoms with van der Waals surface area (Å²) >= 11 is 10.7. The van der Waals surface area contributed by atoms with Crippen LogP contribution < -0.4 is 0 Å².